The first-order valence-corrected chi connectivity index (χ1v) is 14.6. The van der Waals surface area contributed by atoms with E-state index in [9.17, 15) is 9.70 Å². The molecule has 1 aromatic heterocycles. The summed E-state index contributed by atoms with van der Waals surface area (Å²) < 4.78 is 6.19. The van der Waals surface area contributed by atoms with Crippen molar-refractivity contribution in [2.75, 3.05) is 44.2 Å². The van der Waals surface area contributed by atoms with Crippen molar-refractivity contribution in [2.45, 2.75) is 58.3 Å². The maximum Gasteiger partial charge on any atom is 0.315 e. The smallest absolute Gasteiger partial charge is 0.315 e. The van der Waals surface area contributed by atoms with Crippen molar-refractivity contribution in [3.05, 3.63) is 58.5 Å². The van der Waals surface area contributed by atoms with Crippen LogP contribution < -0.4 is 9.80 Å². The van der Waals surface area contributed by atoms with Crippen molar-refractivity contribution >= 4 is 11.9 Å². The van der Waals surface area contributed by atoms with Crippen molar-refractivity contribution in [1.29, 1.82) is 0 Å². The molecule has 4 atom stereocenters. The number of likely N-dealkylation sites (tertiary alicyclic amines) is 1. The van der Waals surface area contributed by atoms with Gasteiger partial charge in [0, 0.05) is 43.7 Å². The molecule has 2 unspecified atom stereocenters. The maximum atomic E-state index is 13.0. The molecule has 1 N–H and O–H groups in total. The lowest BCUT2D eigenvalue weighted by Gasteiger charge is -2.32. The van der Waals surface area contributed by atoms with Crippen LogP contribution in [0.5, 0.6) is 0 Å². The van der Waals surface area contributed by atoms with Gasteiger partial charge in [0.05, 0.1) is 32.2 Å². The molecule has 5 rings (SSSR count). The van der Waals surface area contributed by atoms with Gasteiger partial charge < -0.3 is 9.64 Å². The Kier molecular flexibility index (Phi) is 8.99. The largest absolute Gasteiger partial charge is 0.494 e. The van der Waals surface area contributed by atoms with Gasteiger partial charge in [-0.1, -0.05) is 29.8 Å². The topological polar surface area (TPSA) is 89.2 Å². The number of allylic oxidation sites excluding steroid dienone is 5. The Bertz CT molecular complexity index is 1060. The number of hydrogen-bond acceptors (Lipinski definition) is 7. The van der Waals surface area contributed by atoms with Gasteiger partial charge in [0.1, 0.15) is 5.76 Å². The summed E-state index contributed by atoms with van der Waals surface area (Å²) in [6, 6.07) is 0. The van der Waals surface area contributed by atoms with E-state index in [1.165, 1.54) is 11.1 Å². The Balaban J connectivity index is 1.02. The van der Waals surface area contributed by atoms with Crippen LogP contribution in [0.3, 0.4) is 0 Å². The van der Waals surface area contributed by atoms with Crippen molar-refractivity contribution in [1.82, 2.24) is 9.97 Å². The number of quaternary nitrogens is 1. The second-order valence-electron chi connectivity index (χ2n) is 11.4. The second-order valence-corrected chi connectivity index (χ2v) is 11.4. The van der Waals surface area contributed by atoms with E-state index in [4.69, 9.17) is 4.74 Å². The highest BCUT2D eigenvalue weighted by Crippen LogP contribution is 2.33. The van der Waals surface area contributed by atoms with Crippen molar-refractivity contribution < 1.29 is 14.4 Å². The van der Waals surface area contributed by atoms with E-state index in [2.05, 4.69) is 51.3 Å². The summed E-state index contributed by atoms with van der Waals surface area (Å²) in [5, 5.41) is 3.03. The normalized spacial score (nSPS) is 28.1. The third-order valence-corrected chi connectivity index (χ3v) is 8.91. The Hall–Kier alpha value is -2.87. The molecule has 204 valence electrons. The highest BCUT2D eigenvalue weighted by Gasteiger charge is 2.36. The molecule has 38 heavy (non-hydrogen) atoms. The minimum atomic E-state index is 0.118. The van der Waals surface area contributed by atoms with Gasteiger partial charge in [-0.2, -0.15) is 4.91 Å². The van der Waals surface area contributed by atoms with Gasteiger partial charge in [-0.3, -0.25) is 4.90 Å². The van der Waals surface area contributed by atoms with E-state index in [0.29, 0.717) is 24.3 Å². The molecule has 2 fully saturated rings. The average Bonchev–Trinajstić information content (AvgIpc) is 3.45. The molecule has 0 radical (unpaired) electrons. The molecule has 0 aromatic carbocycles. The van der Waals surface area contributed by atoms with E-state index < -0.39 is 0 Å². The zero-order chi connectivity index (χ0) is 26.3. The summed E-state index contributed by atoms with van der Waals surface area (Å²) in [6.45, 7) is 6.81. The Morgan fingerprint density at radius 3 is 2.58 bits per heavy atom. The number of hydrogen-bond donors (Lipinski definition) is 1. The van der Waals surface area contributed by atoms with Gasteiger partial charge in [-0.25, -0.2) is 14.8 Å². The van der Waals surface area contributed by atoms with Gasteiger partial charge in [0.15, 0.2) is 0 Å². The summed E-state index contributed by atoms with van der Waals surface area (Å²) in [6.07, 6.45) is 20.7. The molecule has 4 aliphatic rings. The number of nitroso groups, excluding NO2 is 1. The van der Waals surface area contributed by atoms with Crippen LogP contribution in [-0.4, -0.2) is 55.2 Å². The van der Waals surface area contributed by atoms with Gasteiger partial charge in [0.25, 0.3) is 0 Å². The lowest BCUT2D eigenvalue weighted by Crippen LogP contribution is -3.13. The quantitative estimate of drug-likeness (QED) is 0.395. The number of nitrogens with zero attached hydrogens (tertiary/aromatic N) is 4. The molecule has 3 heterocycles. The van der Waals surface area contributed by atoms with Gasteiger partial charge in [0.2, 0.25) is 5.95 Å². The van der Waals surface area contributed by atoms with E-state index in [0.717, 1.165) is 101 Å². The fraction of sp³-hybridized carbons (Fsp3) is 0.633. The van der Waals surface area contributed by atoms with E-state index in [-0.39, 0.29) is 11.8 Å². The van der Waals surface area contributed by atoms with Crippen molar-refractivity contribution in [3.8, 4) is 0 Å². The second kappa shape index (κ2) is 12.8. The summed E-state index contributed by atoms with van der Waals surface area (Å²) in [5.41, 5.74) is 2.64. The first-order chi connectivity index (χ1) is 18.6. The highest BCUT2D eigenvalue weighted by atomic mass is 16.5. The summed E-state index contributed by atoms with van der Waals surface area (Å²) >= 11 is 0. The van der Waals surface area contributed by atoms with Crippen molar-refractivity contribution in [3.63, 3.8) is 0 Å². The van der Waals surface area contributed by atoms with E-state index in [1.807, 2.05) is 12.4 Å². The molecule has 8 heteroatoms. The number of aromatic nitrogens is 2. The van der Waals surface area contributed by atoms with Gasteiger partial charge in [-0.15, -0.1) is 0 Å². The SMILES string of the molecule is CCc1cnc(N2CCC(COC3=CC[C@H](C4=CCC(C(=O)[NH+]5CC[C@@H](CN=O)C5)CC4)C=C3)CC2)nc1. The third-order valence-electron chi connectivity index (χ3n) is 8.91. The zero-order valence-electron chi connectivity index (χ0n) is 22.7. The van der Waals surface area contributed by atoms with Crippen LogP contribution in [0.2, 0.25) is 0 Å². The van der Waals surface area contributed by atoms with Crippen LogP contribution in [0.4, 0.5) is 5.95 Å². The van der Waals surface area contributed by atoms with Crippen LogP contribution in [0, 0.1) is 28.6 Å². The minimum Gasteiger partial charge on any atom is -0.494 e. The number of rotatable bonds is 9. The predicted octanol–water partition coefficient (Wildman–Crippen LogP) is 3.66. The zero-order valence-corrected chi connectivity index (χ0v) is 22.7. The summed E-state index contributed by atoms with van der Waals surface area (Å²) in [4.78, 5) is 35.9. The standard InChI is InChI=1S/C30H41N5O3/c1-2-22-17-31-30(32-18-22)34-14-11-23(12-15-34)21-38-28-9-7-26(8-10-28)25-3-5-27(6-4-25)29(36)35-16-13-24(20-35)19-33-37/h3,7,9-10,17-18,23-24,26-27H,2,4-6,8,11-16,19-21H2,1H3/p+1/t24-,26+,27?/m0/s1. The fourth-order valence-electron chi connectivity index (χ4n) is 6.32. The molecule has 2 aliphatic heterocycles. The molecule has 0 saturated carbocycles. The maximum absolute atomic E-state index is 13.0. The lowest BCUT2D eigenvalue weighted by atomic mass is 9.81. The van der Waals surface area contributed by atoms with Crippen LogP contribution >= 0.6 is 0 Å². The molecule has 2 aliphatic carbocycles. The molecular formula is C30H42N5O3+. The Morgan fingerprint density at radius 1 is 1.11 bits per heavy atom. The third kappa shape index (κ3) is 6.57. The number of piperidine rings is 1. The monoisotopic (exact) mass is 520 g/mol. The fourth-order valence-corrected chi connectivity index (χ4v) is 6.32. The Labute approximate surface area is 226 Å². The number of ether oxygens (including phenoxy) is 1. The molecule has 2 saturated heterocycles. The van der Waals surface area contributed by atoms with E-state index >= 15 is 0 Å². The summed E-state index contributed by atoms with van der Waals surface area (Å²) in [5.74, 6) is 3.56. The highest BCUT2D eigenvalue weighted by molar-refractivity contribution is 5.70. The number of anilines is 1. The number of carbonyl (C=O) groups excluding carboxylic acids is 1. The van der Waals surface area contributed by atoms with Crippen LogP contribution in [-0.2, 0) is 16.0 Å². The first kappa shape index (κ1) is 26.7. The molecule has 1 amide bonds. The first-order valence-electron chi connectivity index (χ1n) is 14.6. The predicted molar refractivity (Wildman–Crippen MR) is 148 cm³/mol. The van der Waals surface area contributed by atoms with Crippen molar-refractivity contribution in [2.24, 2.45) is 28.8 Å². The number of carbonyl (C=O) groups is 1. The molecule has 1 aromatic rings. The number of aryl methyl sites for hydroxylation is 1. The summed E-state index contributed by atoms with van der Waals surface area (Å²) in [7, 11) is 0. The Morgan fingerprint density at radius 2 is 1.92 bits per heavy atom. The number of nitrogens with one attached hydrogen (secondary N) is 1. The molecule has 0 spiro atoms. The lowest BCUT2D eigenvalue weighted by molar-refractivity contribution is -0.810. The number of amides is 1. The molecule has 8 nitrogen and oxygen atoms in total. The average molecular weight is 521 g/mol. The van der Waals surface area contributed by atoms with Gasteiger partial charge in [-0.05, 0) is 68.6 Å². The minimum absolute atomic E-state index is 0.118. The van der Waals surface area contributed by atoms with Gasteiger partial charge >= 0.3 is 5.91 Å². The van der Waals surface area contributed by atoms with E-state index in [1.54, 1.807) is 0 Å². The van der Waals surface area contributed by atoms with Crippen LogP contribution in [0.15, 0.2) is 53.2 Å². The van der Waals surface area contributed by atoms with Crippen LogP contribution in [0.25, 0.3) is 0 Å². The molecular weight excluding hydrogens is 478 g/mol. The van der Waals surface area contributed by atoms with Crippen LogP contribution in [0.1, 0.15) is 57.4 Å². The molecule has 0 bridgehead atoms.